The van der Waals surface area contributed by atoms with Crippen molar-refractivity contribution in [2.75, 3.05) is 0 Å². The Morgan fingerprint density at radius 1 is 1.25 bits per heavy atom. The number of rotatable bonds is 5. The van der Waals surface area contributed by atoms with Crippen LogP contribution in [0.4, 0.5) is 0 Å². The summed E-state index contributed by atoms with van der Waals surface area (Å²) in [6.07, 6.45) is 5.93. The maximum atomic E-state index is 10.8. The Morgan fingerprint density at radius 2 is 1.88 bits per heavy atom. The van der Waals surface area contributed by atoms with Gasteiger partial charge in [-0.2, -0.15) is 0 Å². The SMILES string of the molecule is C/C=C/[C@H](CC=O)[Si](C)(C)c1ccccc1. The Bertz CT molecular complexity index is 354. The molecule has 1 aromatic rings. The summed E-state index contributed by atoms with van der Waals surface area (Å²) in [6, 6.07) is 10.6. The van der Waals surface area contributed by atoms with Crippen molar-refractivity contribution in [1.29, 1.82) is 0 Å². The number of hydrogen-bond acceptors (Lipinski definition) is 1. The third-order valence-electron chi connectivity index (χ3n) is 3.22. The van der Waals surface area contributed by atoms with Gasteiger partial charge in [-0.05, 0) is 12.5 Å². The van der Waals surface area contributed by atoms with Crippen LogP contribution in [-0.2, 0) is 4.79 Å². The van der Waals surface area contributed by atoms with Gasteiger partial charge in [-0.15, -0.1) is 0 Å². The molecule has 0 saturated carbocycles. The summed E-state index contributed by atoms with van der Waals surface area (Å²) in [5, 5.41) is 1.42. The first-order valence-electron chi connectivity index (χ1n) is 5.75. The Balaban J connectivity index is 3.01. The second-order valence-corrected chi connectivity index (χ2v) is 9.38. The molecular weight excluding hydrogens is 212 g/mol. The second-order valence-electron chi connectivity index (χ2n) is 4.62. The topological polar surface area (TPSA) is 17.1 Å². The van der Waals surface area contributed by atoms with Gasteiger partial charge in [0.25, 0.3) is 0 Å². The Labute approximate surface area is 99.2 Å². The minimum atomic E-state index is -1.57. The van der Waals surface area contributed by atoms with Crippen LogP contribution in [0.5, 0.6) is 0 Å². The van der Waals surface area contributed by atoms with E-state index in [1.54, 1.807) is 0 Å². The first-order chi connectivity index (χ1) is 7.62. The molecule has 0 N–H and O–H groups in total. The molecule has 1 rings (SSSR count). The Morgan fingerprint density at radius 3 is 2.38 bits per heavy atom. The van der Waals surface area contributed by atoms with E-state index in [0.717, 1.165) is 6.29 Å². The van der Waals surface area contributed by atoms with Gasteiger partial charge in [0.05, 0.1) is 8.07 Å². The van der Waals surface area contributed by atoms with Crippen LogP contribution in [-0.4, -0.2) is 14.4 Å². The zero-order valence-electron chi connectivity index (χ0n) is 10.3. The highest BCUT2D eigenvalue weighted by Crippen LogP contribution is 2.26. The fourth-order valence-electron chi connectivity index (χ4n) is 2.03. The molecule has 0 aliphatic rings. The molecule has 1 nitrogen and oxygen atoms in total. The molecular formula is C14H20OSi. The summed E-state index contributed by atoms with van der Waals surface area (Å²) in [4.78, 5) is 10.8. The summed E-state index contributed by atoms with van der Waals surface area (Å²) >= 11 is 0. The van der Waals surface area contributed by atoms with E-state index in [1.807, 2.05) is 13.0 Å². The molecule has 0 aliphatic carbocycles. The first-order valence-corrected chi connectivity index (χ1v) is 8.82. The molecule has 0 amide bonds. The number of carbonyl (C=O) groups is 1. The van der Waals surface area contributed by atoms with Crippen molar-refractivity contribution in [3.8, 4) is 0 Å². The maximum absolute atomic E-state index is 10.8. The molecule has 86 valence electrons. The maximum Gasteiger partial charge on any atom is 0.120 e. The summed E-state index contributed by atoms with van der Waals surface area (Å²) in [5.74, 6) is 0. The number of aldehydes is 1. The number of allylic oxidation sites excluding steroid dienone is 2. The normalized spacial score (nSPS) is 13.9. The van der Waals surface area contributed by atoms with Crippen LogP contribution in [0, 0.1) is 0 Å². The van der Waals surface area contributed by atoms with E-state index >= 15 is 0 Å². The van der Waals surface area contributed by atoms with Gasteiger partial charge in [0.2, 0.25) is 0 Å². The van der Waals surface area contributed by atoms with E-state index in [9.17, 15) is 4.79 Å². The van der Waals surface area contributed by atoms with Crippen LogP contribution in [0.25, 0.3) is 0 Å². The van der Waals surface area contributed by atoms with E-state index in [-0.39, 0.29) is 0 Å². The quantitative estimate of drug-likeness (QED) is 0.433. The molecule has 0 radical (unpaired) electrons. The highest BCUT2D eigenvalue weighted by atomic mass is 28.3. The third kappa shape index (κ3) is 2.92. The first kappa shape index (κ1) is 12.9. The number of benzene rings is 1. The zero-order valence-corrected chi connectivity index (χ0v) is 11.3. The van der Waals surface area contributed by atoms with E-state index in [4.69, 9.17) is 0 Å². The molecule has 0 saturated heterocycles. The number of hydrogen-bond donors (Lipinski definition) is 0. The van der Waals surface area contributed by atoms with E-state index in [1.165, 1.54) is 5.19 Å². The molecule has 0 heterocycles. The van der Waals surface area contributed by atoms with Crippen LogP contribution in [0.3, 0.4) is 0 Å². The predicted octanol–water partition coefficient (Wildman–Crippen LogP) is 3.14. The van der Waals surface area contributed by atoms with Gasteiger partial charge >= 0.3 is 0 Å². The molecule has 16 heavy (non-hydrogen) atoms. The van der Waals surface area contributed by atoms with Crippen molar-refractivity contribution in [2.24, 2.45) is 0 Å². The van der Waals surface area contributed by atoms with E-state index < -0.39 is 8.07 Å². The Kier molecular flexibility index (Phi) is 4.68. The molecule has 1 atom stereocenters. The monoisotopic (exact) mass is 232 g/mol. The average molecular weight is 232 g/mol. The van der Waals surface area contributed by atoms with Gasteiger partial charge in [-0.25, -0.2) is 0 Å². The highest BCUT2D eigenvalue weighted by molar-refractivity contribution is 6.91. The largest absolute Gasteiger partial charge is 0.303 e. The van der Waals surface area contributed by atoms with Gasteiger partial charge in [0.15, 0.2) is 0 Å². The lowest BCUT2D eigenvalue weighted by Crippen LogP contribution is -2.45. The Hall–Kier alpha value is -1.15. The highest BCUT2D eigenvalue weighted by Gasteiger charge is 2.31. The summed E-state index contributed by atoms with van der Waals surface area (Å²) in [7, 11) is -1.57. The number of carbonyl (C=O) groups excluding carboxylic acids is 1. The predicted molar refractivity (Wildman–Crippen MR) is 72.8 cm³/mol. The van der Waals surface area contributed by atoms with Crippen molar-refractivity contribution in [3.05, 3.63) is 42.5 Å². The third-order valence-corrected chi connectivity index (χ3v) is 7.32. The minimum Gasteiger partial charge on any atom is -0.303 e. The van der Waals surface area contributed by atoms with Gasteiger partial charge in [0.1, 0.15) is 6.29 Å². The molecule has 2 heteroatoms. The molecule has 0 aromatic heterocycles. The van der Waals surface area contributed by atoms with Crippen molar-refractivity contribution >= 4 is 19.5 Å². The lowest BCUT2D eigenvalue weighted by molar-refractivity contribution is -0.107. The van der Waals surface area contributed by atoms with Gasteiger partial charge in [0, 0.05) is 6.42 Å². The molecule has 0 bridgehead atoms. The lowest BCUT2D eigenvalue weighted by Gasteiger charge is -2.29. The molecule has 0 aliphatic heterocycles. The van der Waals surface area contributed by atoms with Crippen LogP contribution >= 0.6 is 0 Å². The lowest BCUT2D eigenvalue weighted by atomic mass is 10.3. The van der Waals surface area contributed by atoms with Gasteiger partial charge in [-0.3, -0.25) is 0 Å². The molecule has 0 fully saturated rings. The summed E-state index contributed by atoms with van der Waals surface area (Å²) in [6.45, 7) is 6.68. The minimum absolute atomic E-state index is 0.400. The zero-order chi connectivity index (χ0) is 12.0. The van der Waals surface area contributed by atoms with Crippen LogP contribution in [0.1, 0.15) is 13.3 Å². The molecule has 0 spiro atoms. The second kappa shape index (κ2) is 5.80. The van der Waals surface area contributed by atoms with Gasteiger partial charge < -0.3 is 4.79 Å². The average Bonchev–Trinajstić information content (AvgIpc) is 2.30. The van der Waals surface area contributed by atoms with Crippen molar-refractivity contribution in [1.82, 2.24) is 0 Å². The van der Waals surface area contributed by atoms with Crippen molar-refractivity contribution in [3.63, 3.8) is 0 Å². The standard InChI is InChI=1S/C14H20OSi/c1-4-8-13(11-12-15)16(2,3)14-9-6-5-7-10-14/h4-10,12-13H,11H2,1-3H3/b8-4+/t13-/m1/s1. The van der Waals surface area contributed by atoms with Crippen molar-refractivity contribution < 1.29 is 4.79 Å². The van der Waals surface area contributed by atoms with Crippen LogP contribution in [0.2, 0.25) is 18.6 Å². The summed E-state index contributed by atoms with van der Waals surface area (Å²) < 4.78 is 0. The van der Waals surface area contributed by atoms with Crippen LogP contribution in [0.15, 0.2) is 42.5 Å². The fourth-order valence-corrected chi connectivity index (χ4v) is 4.87. The molecule has 1 aromatic carbocycles. The fraction of sp³-hybridized carbons (Fsp3) is 0.357. The molecule has 0 unspecified atom stereocenters. The van der Waals surface area contributed by atoms with E-state index in [0.29, 0.717) is 12.0 Å². The van der Waals surface area contributed by atoms with Crippen molar-refractivity contribution in [2.45, 2.75) is 32.0 Å². The smallest absolute Gasteiger partial charge is 0.120 e. The van der Waals surface area contributed by atoms with E-state index in [2.05, 4.69) is 49.5 Å². The summed E-state index contributed by atoms with van der Waals surface area (Å²) in [5.41, 5.74) is 0.400. The van der Waals surface area contributed by atoms with Gasteiger partial charge in [-0.1, -0.05) is 60.8 Å². The van der Waals surface area contributed by atoms with Crippen LogP contribution < -0.4 is 5.19 Å².